The molecule has 0 amide bonds. The highest BCUT2D eigenvalue weighted by Gasteiger charge is 2.28. The van der Waals surface area contributed by atoms with E-state index in [1.54, 1.807) is 4.57 Å². The number of halogens is 1. The van der Waals surface area contributed by atoms with Crippen LogP contribution < -0.4 is 19.1 Å². The molecule has 6 rings (SSSR count). The van der Waals surface area contributed by atoms with Crippen LogP contribution in [-0.4, -0.2) is 58.3 Å². The SMILES string of the molecule is O=[N+]([O-])c1cn2c(n1)O[C@@H](COc1ccc(N3CCN(Cc4cccc(OCc5ccc(Cl)cc5)c4)CC3)cc1)CC2. The lowest BCUT2D eigenvalue weighted by molar-refractivity contribution is -0.389. The van der Waals surface area contributed by atoms with Crippen molar-refractivity contribution in [3.63, 3.8) is 0 Å². The zero-order chi connectivity index (χ0) is 28.9. The van der Waals surface area contributed by atoms with Crippen molar-refractivity contribution >= 4 is 23.1 Å². The molecule has 4 aromatic rings. The fraction of sp³-hybridized carbons (Fsp3) is 0.323. The lowest BCUT2D eigenvalue weighted by Gasteiger charge is -2.36. The molecule has 1 aromatic heterocycles. The van der Waals surface area contributed by atoms with Crippen LogP contribution in [0, 0.1) is 10.1 Å². The first kappa shape index (κ1) is 27.9. The number of imidazole rings is 1. The summed E-state index contributed by atoms with van der Waals surface area (Å²) in [4.78, 5) is 19.2. The van der Waals surface area contributed by atoms with E-state index in [0.29, 0.717) is 26.2 Å². The van der Waals surface area contributed by atoms with E-state index in [2.05, 4.69) is 39.0 Å². The average Bonchev–Trinajstić information content (AvgIpc) is 3.45. The molecule has 0 aliphatic carbocycles. The van der Waals surface area contributed by atoms with Gasteiger partial charge in [0.05, 0.1) is 0 Å². The molecule has 10 nitrogen and oxygen atoms in total. The Morgan fingerprint density at radius 1 is 0.929 bits per heavy atom. The zero-order valence-electron chi connectivity index (χ0n) is 23.1. The van der Waals surface area contributed by atoms with E-state index in [-0.39, 0.29) is 17.9 Å². The van der Waals surface area contributed by atoms with E-state index in [4.69, 9.17) is 25.8 Å². The monoisotopic (exact) mass is 589 g/mol. The minimum Gasteiger partial charge on any atom is -0.490 e. The standard InChI is InChI=1S/C31H32ClN5O5/c32-25-6-4-23(5-7-25)21-40-28-3-1-2-24(18-28)19-34-14-16-35(17-15-34)26-8-10-27(11-9-26)41-22-29-12-13-36-20-30(37(38)39)33-31(36)42-29/h1-11,18,20,29H,12-17,19,21-22H2/t29-/m1/s1. The number of ether oxygens (including phenoxy) is 3. The number of hydrogen-bond donors (Lipinski definition) is 0. The van der Waals surface area contributed by atoms with Crippen molar-refractivity contribution in [2.45, 2.75) is 32.2 Å². The molecular weight excluding hydrogens is 558 g/mol. The fourth-order valence-corrected chi connectivity index (χ4v) is 5.31. The molecule has 2 aliphatic rings. The third-order valence-corrected chi connectivity index (χ3v) is 7.76. The van der Waals surface area contributed by atoms with Crippen LogP contribution in [0.2, 0.25) is 5.02 Å². The third-order valence-electron chi connectivity index (χ3n) is 7.51. The Labute approximate surface area is 249 Å². The molecule has 0 N–H and O–H groups in total. The second-order valence-electron chi connectivity index (χ2n) is 10.5. The van der Waals surface area contributed by atoms with Gasteiger partial charge in [0.15, 0.2) is 0 Å². The number of aryl methyl sites for hydroxylation is 1. The molecule has 0 radical (unpaired) electrons. The lowest BCUT2D eigenvalue weighted by atomic mass is 10.1. The Morgan fingerprint density at radius 2 is 1.71 bits per heavy atom. The molecule has 42 heavy (non-hydrogen) atoms. The van der Waals surface area contributed by atoms with Gasteiger partial charge in [-0.25, -0.2) is 0 Å². The van der Waals surface area contributed by atoms with Crippen LogP contribution in [0.15, 0.2) is 79.0 Å². The Bertz CT molecular complexity index is 1500. The van der Waals surface area contributed by atoms with Gasteiger partial charge in [0.1, 0.15) is 37.0 Å². The van der Waals surface area contributed by atoms with Crippen LogP contribution in [0.1, 0.15) is 17.5 Å². The summed E-state index contributed by atoms with van der Waals surface area (Å²) in [6.45, 7) is 6.20. The second-order valence-corrected chi connectivity index (χ2v) is 10.9. The highest BCUT2D eigenvalue weighted by Crippen LogP contribution is 2.26. The number of piperazine rings is 1. The molecule has 1 fully saturated rings. The summed E-state index contributed by atoms with van der Waals surface area (Å²) in [6, 6.07) is 24.4. The summed E-state index contributed by atoms with van der Waals surface area (Å²) in [6.07, 6.45) is 1.90. The second kappa shape index (κ2) is 12.7. The van der Waals surface area contributed by atoms with Gasteiger partial charge in [-0.15, -0.1) is 0 Å². The quantitative estimate of drug-likeness (QED) is 0.175. The first-order valence-electron chi connectivity index (χ1n) is 14.0. The highest BCUT2D eigenvalue weighted by atomic mass is 35.5. The highest BCUT2D eigenvalue weighted by molar-refractivity contribution is 6.30. The van der Waals surface area contributed by atoms with Crippen LogP contribution >= 0.6 is 11.6 Å². The predicted octanol–water partition coefficient (Wildman–Crippen LogP) is 5.58. The summed E-state index contributed by atoms with van der Waals surface area (Å²) in [7, 11) is 0. The Morgan fingerprint density at radius 3 is 2.48 bits per heavy atom. The Kier molecular flexibility index (Phi) is 8.43. The van der Waals surface area contributed by atoms with E-state index >= 15 is 0 Å². The van der Waals surface area contributed by atoms with Gasteiger partial charge in [-0.2, -0.15) is 0 Å². The first-order valence-corrected chi connectivity index (χ1v) is 14.4. The summed E-state index contributed by atoms with van der Waals surface area (Å²) in [5, 5.41) is 11.7. The van der Waals surface area contributed by atoms with Gasteiger partial charge >= 0.3 is 11.8 Å². The molecule has 0 bridgehead atoms. The molecule has 218 valence electrons. The molecule has 3 aromatic carbocycles. The van der Waals surface area contributed by atoms with Crippen molar-refractivity contribution < 1.29 is 19.1 Å². The van der Waals surface area contributed by atoms with Crippen LogP contribution in [0.5, 0.6) is 17.5 Å². The number of fused-ring (bicyclic) bond motifs is 1. The predicted molar refractivity (Wildman–Crippen MR) is 160 cm³/mol. The topological polar surface area (TPSA) is 95.1 Å². The van der Waals surface area contributed by atoms with Gasteiger partial charge in [0.2, 0.25) is 0 Å². The van der Waals surface area contributed by atoms with Gasteiger partial charge in [0, 0.05) is 61.4 Å². The van der Waals surface area contributed by atoms with Crippen LogP contribution in [0.4, 0.5) is 11.5 Å². The van der Waals surface area contributed by atoms with Gasteiger partial charge < -0.3 is 29.2 Å². The third kappa shape index (κ3) is 6.95. The van der Waals surface area contributed by atoms with E-state index in [1.807, 2.05) is 48.5 Å². The molecule has 3 heterocycles. The van der Waals surface area contributed by atoms with Crippen molar-refractivity contribution in [2.24, 2.45) is 0 Å². The van der Waals surface area contributed by atoms with Crippen molar-refractivity contribution in [3.8, 4) is 17.5 Å². The molecule has 1 atom stereocenters. The fourth-order valence-electron chi connectivity index (χ4n) is 5.18. The number of nitrogens with zero attached hydrogens (tertiary/aromatic N) is 5. The maximum Gasteiger partial charge on any atom is 0.414 e. The van der Waals surface area contributed by atoms with Crippen LogP contribution in [0.3, 0.4) is 0 Å². The van der Waals surface area contributed by atoms with E-state index in [1.165, 1.54) is 17.4 Å². The smallest absolute Gasteiger partial charge is 0.414 e. The molecule has 0 unspecified atom stereocenters. The molecule has 1 saturated heterocycles. The van der Waals surface area contributed by atoms with Gasteiger partial charge in [-0.05, 0) is 64.6 Å². The number of benzene rings is 3. The molecular formula is C31H32ClN5O5. The molecule has 11 heteroatoms. The molecule has 0 spiro atoms. The number of anilines is 1. The number of hydrogen-bond acceptors (Lipinski definition) is 8. The van der Waals surface area contributed by atoms with Crippen LogP contribution in [-0.2, 0) is 19.7 Å². The maximum absolute atomic E-state index is 11.0. The van der Waals surface area contributed by atoms with Gasteiger partial charge in [-0.3, -0.25) is 9.47 Å². The lowest BCUT2D eigenvalue weighted by Crippen LogP contribution is -2.45. The molecule has 0 saturated carbocycles. The largest absolute Gasteiger partial charge is 0.490 e. The first-order chi connectivity index (χ1) is 20.5. The summed E-state index contributed by atoms with van der Waals surface area (Å²) < 4.78 is 19.4. The number of rotatable bonds is 10. The summed E-state index contributed by atoms with van der Waals surface area (Å²) >= 11 is 5.97. The summed E-state index contributed by atoms with van der Waals surface area (Å²) in [5.41, 5.74) is 3.49. The van der Waals surface area contributed by atoms with Crippen molar-refractivity contribution in [3.05, 3.63) is 105 Å². The van der Waals surface area contributed by atoms with E-state index in [9.17, 15) is 10.1 Å². The normalized spacial score (nSPS) is 16.9. The van der Waals surface area contributed by atoms with Crippen molar-refractivity contribution in [2.75, 3.05) is 37.7 Å². The number of nitro groups is 1. The maximum atomic E-state index is 11.0. The van der Waals surface area contributed by atoms with Crippen molar-refractivity contribution in [1.82, 2.24) is 14.5 Å². The van der Waals surface area contributed by atoms with Crippen LogP contribution in [0.25, 0.3) is 0 Å². The number of aromatic nitrogens is 2. The van der Waals surface area contributed by atoms with Gasteiger partial charge in [-0.1, -0.05) is 35.9 Å². The van der Waals surface area contributed by atoms with E-state index < -0.39 is 4.92 Å². The Hall–Kier alpha value is -4.28. The summed E-state index contributed by atoms with van der Waals surface area (Å²) in [5.74, 6) is 1.43. The minimum atomic E-state index is -0.512. The molecule has 2 aliphatic heterocycles. The van der Waals surface area contributed by atoms with E-state index in [0.717, 1.165) is 54.8 Å². The Balaban J connectivity index is 0.942. The van der Waals surface area contributed by atoms with Gasteiger partial charge in [0.25, 0.3) is 0 Å². The average molecular weight is 590 g/mol. The minimum absolute atomic E-state index is 0.201. The van der Waals surface area contributed by atoms with Crippen molar-refractivity contribution in [1.29, 1.82) is 0 Å². The zero-order valence-corrected chi connectivity index (χ0v) is 23.9.